The maximum Gasteiger partial charge on any atom is 0.0405 e. The van der Waals surface area contributed by atoms with Crippen molar-refractivity contribution in [2.24, 2.45) is 0 Å². The molecule has 1 unspecified atom stereocenters. The van der Waals surface area contributed by atoms with Crippen molar-refractivity contribution in [1.82, 2.24) is 0 Å². The lowest BCUT2D eigenvalue weighted by atomic mass is 10.2. The van der Waals surface area contributed by atoms with Crippen LogP contribution in [0.2, 0.25) is 0 Å². The molecule has 1 aromatic rings. The second kappa shape index (κ2) is 5.00. The van der Waals surface area contributed by atoms with Crippen LogP contribution in [0.15, 0.2) is 18.2 Å². The van der Waals surface area contributed by atoms with Gasteiger partial charge in [0.05, 0.1) is 0 Å². The van der Waals surface area contributed by atoms with Crippen molar-refractivity contribution in [3.8, 4) is 0 Å². The number of anilines is 2. The van der Waals surface area contributed by atoms with Crippen molar-refractivity contribution in [3.63, 3.8) is 0 Å². The van der Waals surface area contributed by atoms with Gasteiger partial charge in [0.1, 0.15) is 0 Å². The SMILES string of the molecule is Cc1cc(N)ccc1NCCS(C)=O. The Hall–Kier alpha value is -1.03. The summed E-state index contributed by atoms with van der Waals surface area (Å²) in [7, 11) is -0.737. The number of benzene rings is 1. The van der Waals surface area contributed by atoms with Gasteiger partial charge < -0.3 is 11.1 Å². The summed E-state index contributed by atoms with van der Waals surface area (Å²) >= 11 is 0. The number of hydrogen-bond donors (Lipinski definition) is 2. The molecule has 0 radical (unpaired) electrons. The van der Waals surface area contributed by atoms with E-state index in [1.54, 1.807) is 6.26 Å². The minimum Gasteiger partial charge on any atom is -0.399 e. The van der Waals surface area contributed by atoms with E-state index in [4.69, 9.17) is 5.73 Å². The number of hydrogen-bond acceptors (Lipinski definition) is 3. The first-order valence-electron chi connectivity index (χ1n) is 4.49. The molecule has 1 aromatic carbocycles. The second-order valence-electron chi connectivity index (χ2n) is 3.28. The van der Waals surface area contributed by atoms with E-state index in [1.807, 2.05) is 25.1 Å². The molecule has 0 aromatic heterocycles. The number of rotatable bonds is 4. The highest BCUT2D eigenvalue weighted by Gasteiger charge is 1.98. The maximum absolute atomic E-state index is 10.8. The molecule has 0 fully saturated rings. The van der Waals surface area contributed by atoms with Gasteiger partial charge in [-0.1, -0.05) is 0 Å². The molecule has 1 rings (SSSR count). The summed E-state index contributed by atoms with van der Waals surface area (Å²) in [4.78, 5) is 0. The minimum absolute atomic E-state index is 0.670. The molecule has 3 N–H and O–H groups in total. The zero-order valence-electron chi connectivity index (χ0n) is 8.54. The van der Waals surface area contributed by atoms with Crippen LogP contribution in [0, 0.1) is 6.92 Å². The molecule has 0 saturated carbocycles. The summed E-state index contributed by atoms with van der Waals surface area (Å²) in [6, 6.07) is 5.73. The van der Waals surface area contributed by atoms with Gasteiger partial charge in [-0.25, -0.2) is 0 Å². The molecular weight excluding hydrogens is 196 g/mol. The Balaban J connectivity index is 2.55. The van der Waals surface area contributed by atoms with Crippen molar-refractivity contribution in [1.29, 1.82) is 0 Å². The van der Waals surface area contributed by atoms with Crippen molar-refractivity contribution >= 4 is 22.2 Å². The lowest BCUT2D eigenvalue weighted by Crippen LogP contribution is -2.10. The maximum atomic E-state index is 10.8. The minimum atomic E-state index is -0.737. The first-order valence-corrected chi connectivity index (χ1v) is 6.22. The Bertz CT molecular complexity index is 339. The summed E-state index contributed by atoms with van der Waals surface area (Å²) in [6.45, 7) is 2.73. The number of aryl methyl sites for hydroxylation is 1. The molecule has 14 heavy (non-hydrogen) atoms. The van der Waals surface area contributed by atoms with Crippen molar-refractivity contribution in [2.45, 2.75) is 6.92 Å². The Morgan fingerprint density at radius 3 is 2.79 bits per heavy atom. The molecule has 0 aliphatic rings. The molecular formula is C10H16N2OS. The molecule has 4 heteroatoms. The molecule has 0 aliphatic carbocycles. The van der Waals surface area contributed by atoms with Gasteiger partial charge in [-0.3, -0.25) is 4.21 Å². The highest BCUT2D eigenvalue weighted by Crippen LogP contribution is 2.16. The van der Waals surface area contributed by atoms with Gasteiger partial charge in [0.15, 0.2) is 0 Å². The third-order valence-electron chi connectivity index (χ3n) is 1.96. The monoisotopic (exact) mass is 212 g/mol. The molecule has 0 bridgehead atoms. The highest BCUT2D eigenvalue weighted by atomic mass is 32.2. The molecule has 3 nitrogen and oxygen atoms in total. The van der Waals surface area contributed by atoms with Crippen LogP contribution < -0.4 is 11.1 Å². The van der Waals surface area contributed by atoms with Crippen LogP contribution in [0.25, 0.3) is 0 Å². The fourth-order valence-corrected chi connectivity index (χ4v) is 1.60. The van der Waals surface area contributed by atoms with E-state index in [0.29, 0.717) is 5.75 Å². The smallest absolute Gasteiger partial charge is 0.0405 e. The van der Waals surface area contributed by atoms with Crippen molar-refractivity contribution < 1.29 is 4.21 Å². The molecule has 0 saturated heterocycles. The fraction of sp³-hybridized carbons (Fsp3) is 0.400. The summed E-state index contributed by atoms with van der Waals surface area (Å²) in [5.41, 5.74) is 8.58. The van der Waals surface area contributed by atoms with Crippen LogP contribution in [-0.2, 0) is 10.8 Å². The number of nitrogens with two attached hydrogens (primary N) is 1. The van der Waals surface area contributed by atoms with Crippen LogP contribution in [-0.4, -0.2) is 22.8 Å². The highest BCUT2D eigenvalue weighted by molar-refractivity contribution is 7.84. The summed E-state index contributed by atoms with van der Waals surface area (Å²) in [6.07, 6.45) is 1.71. The van der Waals surface area contributed by atoms with Crippen molar-refractivity contribution in [3.05, 3.63) is 23.8 Å². The van der Waals surface area contributed by atoms with Crippen LogP contribution in [0.5, 0.6) is 0 Å². The third kappa shape index (κ3) is 3.38. The Labute approximate surface area is 87.2 Å². The zero-order valence-corrected chi connectivity index (χ0v) is 9.36. The predicted octanol–water partition coefficient (Wildman–Crippen LogP) is 1.37. The molecule has 0 spiro atoms. The number of nitrogens with one attached hydrogen (secondary N) is 1. The summed E-state index contributed by atoms with van der Waals surface area (Å²) in [5.74, 6) is 0.670. The van der Waals surface area contributed by atoms with Crippen molar-refractivity contribution in [2.75, 3.05) is 29.6 Å². The van der Waals surface area contributed by atoms with E-state index in [0.717, 1.165) is 23.5 Å². The van der Waals surface area contributed by atoms with E-state index >= 15 is 0 Å². The molecule has 0 heterocycles. The van der Waals surface area contributed by atoms with Gasteiger partial charge in [0.25, 0.3) is 0 Å². The number of nitrogen functional groups attached to an aromatic ring is 1. The van der Waals surface area contributed by atoms with E-state index in [1.165, 1.54) is 0 Å². The average Bonchev–Trinajstić information content (AvgIpc) is 2.08. The first kappa shape index (κ1) is 11.0. The molecule has 78 valence electrons. The second-order valence-corrected chi connectivity index (χ2v) is 4.83. The lowest BCUT2D eigenvalue weighted by molar-refractivity contribution is 0.687. The molecule has 1 atom stereocenters. The van der Waals surface area contributed by atoms with E-state index < -0.39 is 10.8 Å². The zero-order chi connectivity index (χ0) is 10.6. The van der Waals surface area contributed by atoms with Gasteiger partial charge in [0, 0.05) is 40.7 Å². The first-order chi connectivity index (χ1) is 6.59. The predicted molar refractivity (Wildman–Crippen MR) is 63.0 cm³/mol. The third-order valence-corrected chi connectivity index (χ3v) is 2.73. The van der Waals surface area contributed by atoms with Gasteiger partial charge in [-0.05, 0) is 30.7 Å². The normalized spacial score (nSPS) is 12.4. The summed E-state index contributed by atoms with van der Waals surface area (Å²) < 4.78 is 10.8. The van der Waals surface area contributed by atoms with Gasteiger partial charge in [-0.2, -0.15) is 0 Å². The lowest BCUT2D eigenvalue weighted by Gasteiger charge is -2.08. The Kier molecular flexibility index (Phi) is 3.95. The van der Waals surface area contributed by atoms with Crippen LogP contribution in [0.4, 0.5) is 11.4 Å². The van der Waals surface area contributed by atoms with Gasteiger partial charge >= 0.3 is 0 Å². The standard InChI is InChI=1S/C10H16N2OS/c1-8-7-9(11)3-4-10(8)12-5-6-14(2)13/h3-4,7,12H,5-6,11H2,1-2H3. The Morgan fingerprint density at radius 1 is 1.50 bits per heavy atom. The molecule has 0 amide bonds. The van der Waals surface area contributed by atoms with Crippen LogP contribution in [0.3, 0.4) is 0 Å². The Morgan fingerprint density at radius 2 is 2.21 bits per heavy atom. The fourth-order valence-electron chi connectivity index (χ4n) is 1.21. The van der Waals surface area contributed by atoms with Gasteiger partial charge in [-0.15, -0.1) is 0 Å². The van der Waals surface area contributed by atoms with Crippen LogP contribution >= 0.6 is 0 Å². The van der Waals surface area contributed by atoms with Crippen LogP contribution in [0.1, 0.15) is 5.56 Å². The average molecular weight is 212 g/mol. The van der Waals surface area contributed by atoms with E-state index in [-0.39, 0.29) is 0 Å². The topological polar surface area (TPSA) is 55.1 Å². The van der Waals surface area contributed by atoms with E-state index in [2.05, 4.69) is 5.32 Å². The molecule has 0 aliphatic heterocycles. The van der Waals surface area contributed by atoms with E-state index in [9.17, 15) is 4.21 Å². The largest absolute Gasteiger partial charge is 0.399 e. The van der Waals surface area contributed by atoms with Gasteiger partial charge in [0.2, 0.25) is 0 Å². The summed E-state index contributed by atoms with van der Waals surface area (Å²) in [5, 5.41) is 3.22. The quantitative estimate of drug-likeness (QED) is 0.741.